The maximum atomic E-state index is 13.6. The number of thiol groups is 1. The minimum Gasteiger partial charge on any atom is -0.444 e. The van der Waals surface area contributed by atoms with Gasteiger partial charge in [0.2, 0.25) is 11.8 Å². The van der Waals surface area contributed by atoms with Crippen LogP contribution in [0.5, 0.6) is 0 Å². The summed E-state index contributed by atoms with van der Waals surface area (Å²) in [7, 11) is 0. The van der Waals surface area contributed by atoms with E-state index in [1.54, 1.807) is 20.8 Å². The van der Waals surface area contributed by atoms with Gasteiger partial charge in [0.15, 0.2) is 0 Å². The average Bonchev–Trinajstić information content (AvgIpc) is 2.62. The van der Waals surface area contributed by atoms with Crippen molar-refractivity contribution in [2.75, 3.05) is 12.3 Å². The highest BCUT2D eigenvalue weighted by molar-refractivity contribution is 7.80. The van der Waals surface area contributed by atoms with Crippen LogP contribution < -0.4 is 10.6 Å². The Morgan fingerprint density at radius 3 is 2.22 bits per heavy atom. The van der Waals surface area contributed by atoms with E-state index in [2.05, 4.69) is 23.3 Å². The Labute approximate surface area is 198 Å². The fourth-order valence-electron chi connectivity index (χ4n) is 3.19. The Hall–Kier alpha value is -2.22. The number of alkyl carbamates (subject to hydrolysis) is 1. The minimum atomic E-state index is -0.936. The van der Waals surface area contributed by atoms with Crippen LogP contribution in [0.4, 0.5) is 4.79 Å². The quantitative estimate of drug-likeness (QED) is 0.506. The minimum absolute atomic E-state index is 0.0692. The second-order valence-corrected chi connectivity index (χ2v) is 10.3. The van der Waals surface area contributed by atoms with Crippen LogP contribution in [0.1, 0.15) is 72.1 Å². The van der Waals surface area contributed by atoms with Gasteiger partial charge in [-0.15, -0.1) is 0 Å². The van der Waals surface area contributed by atoms with Gasteiger partial charge in [0.05, 0.1) is 0 Å². The molecule has 2 atom stereocenters. The summed E-state index contributed by atoms with van der Waals surface area (Å²) in [5.41, 5.74) is 0.521. The summed E-state index contributed by atoms with van der Waals surface area (Å²) in [6.45, 7) is 15.1. The first-order valence-electron chi connectivity index (χ1n) is 11.0. The number of carbonyl (C=O) groups is 3. The lowest BCUT2D eigenvalue weighted by atomic mass is 9.99. The second-order valence-electron chi connectivity index (χ2n) is 9.97. The van der Waals surface area contributed by atoms with Gasteiger partial charge in [-0.2, -0.15) is 12.6 Å². The molecule has 0 aliphatic heterocycles. The molecule has 0 saturated heterocycles. The second kappa shape index (κ2) is 11.6. The molecule has 32 heavy (non-hydrogen) atoms. The molecular weight excluding hydrogens is 426 g/mol. The van der Waals surface area contributed by atoms with Gasteiger partial charge in [-0.05, 0) is 60.5 Å². The normalized spacial score (nSPS) is 13.7. The van der Waals surface area contributed by atoms with Crippen LogP contribution >= 0.6 is 12.6 Å². The van der Waals surface area contributed by atoms with Crippen LogP contribution in [0.25, 0.3) is 0 Å². The SMILES string of the molecule is CCCN(C(=O)C(CS)NC(=O)OC(C)(C)C)C(C(=O)NC(C)(C)C)c1cccc(C)c1. The Kier molecular flexibility index (Phi) is 10.1. The summed E-state index contributed by atoms with van der Waals surface area (Å²) in [4.78, 5) is 40.8. The summed E-state index contributed by atoms with van der Waals surface area (Å²) in [6, 6.07) is 5.77. The molecule has 0 bridgehead atoms. The first kappa shape index (κ1) is 27.8. The van der Waals surface area contributed by atoms with Gasteiger partial charge in [-0.25, -0.2) is 4.79 Å². The van der Waals surface area contributed by atoms with E-state index >= 15 is 0 Å². The molecular formula is C24H39N3O4S. The number of rotatable bonds is 8. The van der Waals surface area contributed by atoms with Crippen molar-refractivity contribution < 1.29 is 19.1 Å². The van der Waals surface area contributed by atoms with Crippen LogP contribution in [0, 0.1) is 6.92 Å². The number of nitrogens with one attached hydrogen (secondary N) is 2. The monoisotopic (exact) mass is 465 g/mol. The number of aryl methyl sites for hydroxylation is 1. The van der Waals surface area contributed by atoms with Gasteiger partial charge < -0.3 is 20.3 Å². The molecule has 0 aliphatic rings. The van der Waals surface area contributed by atoms with E-state index in [0.29, 0.717) is 18.5 Å². The first-order valence-corrected chi connectivity index (χ1v) is 11.6. The third-order valence-electron chi connectivity index (χ3n) is 4.34. The van der Waals surface area contributed by atoms with Gasteiger partial charge in [0.25, 0.3) is 0 Å². The van der Waals surface area contributed by atoms with Crippen LogP contribution in [0.2, 0.25) is 0 Å². The number of carbonyl (C=O) groups excluding carboxylic acids is 3. The van der Waals surface area contributed by atoms with Crippen molar-refractivity contribution in [3.63, 3.8) is 0 Å². The smallest absolute Gasteiger partial charge is 0.408 e. The summed E-state index contributed by atoms with van der Waals surface area (Å²) >= 11 is 4.28. The van der Waals surface area contributed by atoms with E-state index in [1.165, 1.54) is 4.90 Å². The van der Waals surface area contributed by atoms with Crippen molar-refractivity contribution in [3.05, 3.63) is 35.4 Å². The highest BCUT2D eigenvalue weighted by Crippen LogP contribution is 2.25. The van der Waals surface area contributed by atoms with Crippen LogP contribution in [0.15, 0.2) is 24.3 Å². The molecule has 0 fully saturated rings. The molecule has 0 saturated carbocycles. The van der Waals surface area contributed by atoms with Gasteiger partial charge in [-0.3, -0.25) is 9.59 Å². The van der Waals surface area contributed by atoms with Crippen LogP contribution in [0.3, 0.4) is 0 Å². The third kappa shape index (κ3) is 9.10. The fourth-order valence-corrected chi connectivity index (χ4v) is 3.44. The van der Waals surface area contributed by atoms with Crippen molar-refractivity contribution in [1.82, 2.24) is 15.5 Å². The summed E-state index contributed by atoms with van der Waals surface area (Å²) in [6.07, 6.45) is -0.0598. The number of hydrogen-bond acceptors (Lipinski definition) is 5. The maximum absolute atomic E-state index is 13.6. The summed E-state index contributed by atoms with van der Waals surface area (Å²) < 4.78 is 5.30. The Balaban J connectivity index is 3.34. The fraction of sp³-hybridized carbons (Fsp3) is 0.625. The lowest BCUT2D eigenvalue weighted by Crippen LogP contribution is -2.55. The van der Waals surface area contributed by atoms with Crippen LogP contribution in [-0.2, 0) is 14.3 Å². The predicted molar refractivity (Wildman–Crippen MR) is 131 cm³/mol. The molecule has 0 radical (unpaired) electrons. The maximum Gasteiger partial charge on any atom is 0.408 e. The zero-order valence-corrected chi connectivity index (χ0v) is 21.5. The van der Waals surface area contributed by atoms with E-state index in [-0.39, 0.29) is 17.6 Å². The first-order chi connectivity index (χ1) is 14.7. The standard InChI is InChI=1S/C24H39N3O4S/c1-9-13-27(21(29)18(15-32)25-22(30)31-24(6,7)8)19(20(28)26-23(3,4)5)17-12-10-11-16(2)14-17/h10-12,14,18-19,32H,9,13,15H2,1-8H3,(H,25,30)(H,26,28). The Bertz CT molecular complexity index is 799. The molecule has 2 N–H and O–H groups in total. The molecule has 0 aliphatic carbocycles. The average molecular weight is 466 g/mol. The molecule has 1 aromatic carbocycles. The van der Waals surface area contributed by atoms with E-state index in [0.717, 1.165) is 5.56 Å². The van der Waals surface area contributed by atoms with Gasteiger partial charge in [0.1, 0.15) is 17.7 Å². The summed E-state index contributed by atoms with van der Waals surface area (Å²) in [5, 5.41) is 5.60. The number of ether oxygens (including phenoxy) is 1. The highest BCUT2D eigenvalue weighted by Gasteiger charge is 2.36. The molecule has 0 spiro atoms. The molecule has 7 nitrogen and oxygen atoms in total. The van der Waals surface area contributed by atoms with Crippen molar-refractivity contribution in [3.8, 4) is 0 Å². The third-order valence-corrected chi connectivity index (χ3v) is 4.70. The van der Waals surface area contributed by atoms with Crippen molar-refractivity contribution in [1.29, 1.82) is 0 Å². The van der Waals surface area contributed by atoms with E-state index < -0.39 is 29.3 Å². The van der Waals surface area contributed by atoms with E-state index in [4.69, 9.17) is 4.74 Å². The van der Waals surface area contributed by atoms with Gasteiger partial charge in [0, 0.05) is 17.8 Å². The zero-order chi connectivity index (χ0) is 24.7. The molecule has 2 unspecified atom stereocenters. The lowest BCUT2D eigenvalue weighted by Gasteiger charge is -2.35. The zero-order valence-electron chi connectivity index (χ0n) is 20.6. The van der Waals surface area contributed by atoms with E-state index in [9.17, 15) is 14.4 Å². The van der Waals surface area contributed by atoms with Crippen molar-refractivity contribution in [2.45, 2.75) is 85.0 Å². The van der Waals surface area contributed by atoms with Gasteiger partial charge in [-0.1, -0.05) is 36.8 Å². The number of nitrogens with zero attached hydrogens (tertiary/aromatic N) is 1. The molecule has 1 aromatic rings. The Morgan fingerprint density at radius 1 is 1.12 bits per heavy atom. The topological polar surface area (TPSA) is 87.7 Å². The molecule has 0 heterocycles. The van der Waals surface area contributed by atoms with Gasteiger partial charge >= 0.3 is 6.09 Å². The predicted octanol–water partition coefficient (Wildman–Crippen LogP) is 4.01. The van der Waals surface area contributed by atoms with E-state index in [1.807, 2.05) is 58.9 Å². The largest absolute Gasteiger partial charge is 0.444 e. The lowest BCUT2D eigenvalue weighted by molar-refractivity contribution is -0.142. The number of hydrogen-bond donors (Lipinski definition) is 3. The molecule has 8 heteroatoms. The Morgan fingerprint density at radius 2 is 1.75 bits per heavy atom. The van der Waals surface area contributed by atoms with Crippen molar-refractivity contribution >= 4 is 30.5 Å². The van der Waals surface area contributed by atoms with Crippen molar-refractivity contribution in [2.24, 2.45) is 0 Å². The van der Waals surface area contributed by atoms with Crippen LogP contribution in [-0.4, -0.2) is 52.3 Å². The summed E-state index contributed by atoms with van der Waals surface area (Å²) in [5.74, 6) is -0.594. The molecule has 1 rings (SSSR count). The molecule has 180 valence electrons. The molecule has 0 aromatic heterocycles. The number of amides is 3. The highest BCUT2D eigenvalue weighted by atomic mass is 32.1. The number of benzene rings is 1. The molecule has 3 amide bonds.